The first kappa shape index (κ1) is 14.3. The van der Waals surface area contributed by atoms with Crippen LogP contribution in [0.2, 0.25) is 0 Å². The molecule has 7 N–H and O–H groups in total. The molecule has 0 unspecified atom stereocenters. The van der Waals surface area contributed by atoms with Crippen molar-refractivity contribution in [2.75, 3.05) is 6.54 Å². The maximum Gasteiger partial charge on any atom is 0.326 e. The third-order valence-corrected chi connectivity index (χ3v) is 1.96. The van der Waals surface area contributed by atoms with Gasteiger partial charge in [-0.1, -0.05) is 0 Å². The third kappa shape index (κ3) is 5.65. The number of nitrogens with two attached hydrogens (primary N) is 2. The Balaban J connectivity index is 4.04. The fraction of sp³-hybridized carbons (Fsp3) is 0.875. The van der Waals surface area contributed by atoms with Crippen molar-refractivity contribution >= 4 is 5.97 Å². The molecule has 0 aliphatic heterocycles. The summed E-state index contributed by atoms with van der Waals surface area (Å²) in [4.78, 5) is 10.7. The van der Waals surface area contributed by atoms with Gasteiger partial charge in [0, 0.05) is 6.54 Å². The summed E-state index contributed by atoms with van der Waals surface area (Å²) in [7, 11) is 0. The standard InChI is InChI=1S/C8H19N3O4/c1-5(12)7(8(13)14)11(15)4-2-3-6(9)10/h5-7,12,15H,2-4,9-10H2,1H3,(H,13,14)/t5-,7+/m1/s1. The van der Waals surface area contributed by atoms with Gasteiger partial charge in [0.05, 0.1) is 12.3 Å². The van der Waals surface area contributed by atoms with Gasteiger partial charge in [-0.2, -0.15) is 5.06 Å². The van der Waals surface area contributed by atoms with Crippen molar-refractivity contribution < 1.29 is 20.2 Å². The lowest BCUT2D eigenvalue weighted by atomic mass is 10.1. The van der Waals surface area contributed by atoms with Gasteiger partial charge in [0.25, 0.3) is 0 Å². The van der Waals surface area contributed by atoms with Crippen LogP contribution in [0.1, 0.15) is 19.8 Å². The van der Waals surface area contributed by atoms with Crippen molar-refractivity contribution in [3.05, 3.63) is 0 Å². The summed E-state index contributed by atoms with van der Waals surface area (Å²) < 4.78 is 0. The average Bonchev–Trinajstić information content (AvgIpc) is 2.01. The molecule has 0 amide bonds. The van der Waals surface area contributed by atoms with Crippen LogP contribution in [-0.2, 0) is 4.79 Å². The minimum Gasteiger partial charge on any atom is -0.480 e. The molecule has 0 bridgehead atoms. The summed E-state index contributed by atoms with van der Waals surface area (Å²) in [6.07, 6.45) is -0.694. The molecule has 0 saturated carbocycles. The molecule has 0 aliphatic rings. The molecular weight excluding hydrogens is 202 g/mol. The number of aliphatic carboxylic acids is 1. The fourth-order valence-electron chi connectivity index (χ4n) is 1.21. The van der Waals surface area contributed by atoms with Gasteiger partial charge in [-0.15, -0.1) is 0 Å². The second-order valence-corrected chi connectivity index (χ2v) is 3.49. The number of hydrogen-bond donors (Lipinski definition) is 5. The Morgan fingerprint density at radius 2 is 2.00 bits per heavy atom. The molecule has 0 aromatic rings. The van der Waals surface area contributed by atoms with E-state index in [-0.39, 0.29) is 6.54 Å². The maximum atomic E-state index is 10.7. The molecule has 0 aromatic carbocycles. The zero-order valence-electron chi connectivity index (χ0n) is 8.71. The molecular formula is C8H19N3O4. The van der Waals surface area contributed by atoms with E-state index < -0.39 is 24.3 Å². The van der Waals surface area contributed by atoms with Crippen molar-refractivity contribution in [3.8, 4) is 0 Å². The van der Waals surface area contributed by atoms with E-state index in [4.69, 9.17) is 21.7 Å². The van der Waals surface area contributed by atoms with Crippen LogP contribution in [0.5, 0.6) is 0 Å². The van der Waals surface area contributed by atoms with Gasteiger partial charge in [0.1, 0.15) is 0 Å². The van der Waals surface area contributed by atoms with Crippen LogP contribution < -0.4 is 11.5 Å². The lowest BCUT2D eigenvalue weighted by molar-refractivity contribution is -0.182. The Labute approximate surface area is 88.2 Å². The predicted octanol–water partition coefficient (Wildman–Crippen LogP) is -1.46. The van der Waals surface area contributed by atoms with Crippen LogP contribution in [0.4, 0.5) is 0 Å². The minimum atomic E-state index is -1.32. The number of nitrogens with zero attached hydrogens (tertiary/aromatic N) is 1. The molecule has 0 aliphatic carbocycles. The SMILES string of the molecule is C[C@@H](O)[C@@H](C(=O)O)N(O)CCCC(N)N. The predicted molar refractivity (Wildman–Crippen MR) is 53.0 cm³/mol. The number of rotatable bonds is 7. The fourth-order valence-corrected chi connectivity index (χ4v) is 1.21. The number of hydrogen-bond acceptors (Lipinski definition) is 6. The second kappa shape index (κ2) is 6.70. The summed E-state index contributed by atoms with van der Waals surface area (Å²) in [6, 6.07) is -1.32. The van der Waals surface area contributed by atoms with Gasteiger partial charge < -0.3 is 26.9 Å². The van der Waals surface area contributed by atoms with Crippen LogP contribution in [-0.4, -0.2) is 51.3 Å². The molecule has 0 fully saturated rings. The van der Waals surface area contributed by atoms with Crippen LogP contribution in [0.25, 0.3) is 0 Å². The smallest absolute Gasteiger partial charge is 0.326 e. The molecule has 15 heavy (non-hydrogen) atoms. The zero-order chi connectivity index (χ0) is 12.0. The van der Waals surface area contributed by atoms with E-state index in [1.54, 1.807) is 0 Å². The van der Waals surface area contributed by atoms with Crippen LogP contribution in [0.15, 0.2) is 0 Å². The summed E-state index contributed by atoms with van der Waals surface area (Å²) >= 11 is 0. The van der Waals surface area contributed by atoms with Crippen molar-refractivity contribution in [2.24, 2.45) is 11.5 Å². The Morgan fingerprint density at radius 3 is 2.33 bits per heavy atom. The molecule has 7 nitrogen and oxygen atoms in total. The monoisotopic (exact) mass is 221 g/mol. The van der Waals surface area contributed by atoms with Crippen molar-refractivity contribution in [3.63, 3.8) is 0 Å². The van der Waals surface area contributed by atoms with Crippen molar-refractivity contribution in [1.29, 1.82) is 0 Å². The Bertz CT molecular complexity index is 198. The highest BCUT2D eigenvalue weighted by Crippen LogP contribution is 2.04. The van der Waals surface area contributed by atoms with E-state index in [1.165, 1.54) is 6.92 Å². The molecule has 0 radical (unpaired) electrons. The molecule has 2 atom stereocenters. The first-order chi connectivity index (χ1) is 6.86. The second-order valence-electron chi connectivity index (χ2n) is 3.49. The number of aliphatic hydroxyl groups excluding tert-OH is 1. The van der Waals surface area contributed by atoms with Gasteiger partial charge in [0.15, 0.2) is 6.04 Å². The highest BCUT2D eigenvalue weighted by Gasteiger charge is 2.28. The molecule has 0 heterocycles. The molecule has 0 spiro atoms. The van der Waals surface area contributed by atoms with Gasteiger partial charge in [0.2, 0.25) is 0 Å². The molecule has 0 aromatic heterocycles. The number of carboxylic acid groups (broad SMARTS) is 1. The van der Waals surface area contributed by atoms with E-state index in [2.05, 4.69) is 0 Å². The quantitative estimate of drug-likeness (QED) is 0.262. The molecule has 7 heteroatoms. The molecule has 0 saturated heterocycles. The van der Waals surface area contributed by atoms with Gasteiger partial charge in [-0.3, -0.25) is 4.79 Å². The minimum absolute atomic E-state index is 0.104. The highest BCUT2D eigenvalue weighted by molar-refractivity contribution is 5.73. The summed E-state index contributed by atoms with van der Waals surface area (Å²) in [5.74, 6) is -1.27. The summed E-state index contributed by atoms with van der Waals surface area (Å²) in [6.45, 7) is 1.41. The van der Waals surface area contributed by atoms with Gasteiger partial charge in [-0.25, -0.2) is 0 Å². The third-order valence-electron chi connectivity index (χ3n) is 1.96. The summed E-state index contributed by atoms with van der Waals surface area (Å²) in [5, 5.41) is 27.8. The van der Waals surface area contributed by atoms with E-state index in [9.17, 15) is 10.0 Å². The normalized spacial score (nSPS) is 15.7. The first-order valence-electron chi connectivity index (χ1n) is 4.73. The van der Waals surface area contributed by atoms with E-state index >= 15 is 0 Å². The Kier molecular flexibility index (Phi) is 6.37. The van der Waals surface area contributed by atoms with Crippen molar-refractivity contribution in [2.45, 2.75) is 38.1 Å². The number of aliphatic hydroxyl groups is 1. The van der Waals surface area contributed by atoms with Crippen molar-refractivity contribution in [1.82, 2.24) is 5.06 Å². The first-order valence-corrected chi connectivity index (χ1v) is 4.73. The molecule has 90 valence electrons. The van der Waals surface area contributed by atoms with Crippen LogP contribution >= 0.6 is 0 Å². The topological polar surface area (TPSA) is 133 Å². The maximum absolute atomic E-state index is 10.7. The van der Waals surface area contributed by atoms with E-state index in [1.807, 2.05) is 0 Å². The van der Waals surface area contributed by atoms with Gasteiger partial charge >= 0.3 is 5.97 Å². The van der Waals surface area contributed by atoms with Gasteiger partial charge in [-0.05, 0) is 19.8 Å². The Hall–Kier alpha value is -0.730. The van der Waals surface area contributed by atoms with E-state index in [0.29, 0.717) is 17.9 Å². The van der Waals surface area contributed by atoms with Crippen LogP contribution in [0.3, 0.4) is 0 Å². The zero-order valence-corrected chi connectivity index (χ0v) is 8.71. The Morgan fingerprint density at radius 1 is 1.47 bits per heavy atom. The highest BCUT2D eigenvalue weighted by atomic mass is 16.5. The average molecular weight is 221 g/mol. The van der Waals surface area contributed by atoms with E-state index in [0.717, 1.165) is 0 Å². The molecule has 0 rings (SSSR count). The number of hydroxylamine groups is 2. The lowest BCUT2D eigenvalue weighted by Crippen LogP contribution is -2.47. The largest absolute Gasteiger partial charge is 0.480 e. The van der Waals surface area contributed by atoms with Crippen LogP contribution in [0, 0.1) is 0 Å². The number of carbonyl (C=O) groups is 1. The number of carboxylic acids is 1. The lowest BCUT2D eigenvalue weighted by Gasteiger charge is -2.24. The summed E-state index contributed by atoms with van der Waals surface area (Å²) in [5.41, 5.74) is 10.6.